The van der Waals surface area contributed by atoms with E-state index in [0.717, 1.165) is 63.8 Å². The van der Waals surface area contributed by atoms with Gasteiger partial charge >= 0.3 is 0 Å². The van der Waals surface area contributed by atoms with E-state index in [2.05, 4.69) is 51.2 Å². The van der Waals surface area contributed by atoms with Gasteiger partial charge in [0.05, 0.1) is 5.69 Å². The fourth-order valence-electron chi connectivity index (χ4n) is 4.98. The van der Waals surface area contributed by atoms with Gasteiger partial charge in [0, 0.05) is 83.2 Å². The van der Waals surface area contributed by atoms with Gasteiger partial charge in [-0.2, -0.15) is 4.37 Å². The Morgan fingerprint density at radius 3 is 2.34 bits per heavy atom. The number of benzene rings is 2. The number of carbonyl (C=O) groups excluding carboxylic acids is 1. The van der Waals surface area contributed by atoms with Crippen LogP contribution in [0.2, 0.25) is 0 Å². The summed E-state index contributed by atoms with van der Waals surface area (Å²) in [4.78, 5) is 32.0. The first-order valence-electron chi connectivity index (χ1n) is 13.8. The van der Waals surface area contributed by atoms with E-state index in [9.17, 15) is 4.79 Å². The van der Waals surface area contributed by atoms with Crippen LogP contribution in [0.1, 0.15) is 44.7 Å². The normalized spacial score (nSPS) is 14.6. The Kier molecular flexibility index (Phi) is 8.74. The zero-order chi connectivity index (χ0) is 29.1. The molecule has 4 aromatic rings. The second-order valence-electron chi connectivity index (χ2n) is 10.9. The van der Waals surface area contributed by atoms with E-state index in [4.69, 9.17) is 15.1 Å². The van der Waals surface area contributed by atoms with Crippen LogP contribution in [0.15, 0.2) is 48.5 Å². The van der Waals surface area contributed by atoms with Gasteiger partial charge in [-0.15, -0.1) is 0 Å². The molecule has 0 bridgehead atoms. The lowest BCUT2D eigenvalue weighted by molar-refractivity contribution is 0.0771. The molecule has 5 rings (SSSR count). The first-order valence-corrected chi connectivity index (χ1v) is 15.4. The molecule has 1 aliphatic heterocycles. The lowest BCUT2D eigenvalue weighted by Gasteiger charge is -2.21. The van der Waals surface area contributed by atoms with Gasteiger partial charge in [-0.05, 0) is 55.2 Å². The molecule has 0 spiro atoms. The predicted molar refractivity (Wildman–Crippen MR) is 171 cm³/mol. The van der Waals surface area contributed by atoms with Crippen molar-refractivity contribution < 1.29 is 4.79 Å². The van der Waals surface area contributed by atoms with Crippen LogP contribution in [0.25, 0.3) is 0 Å². The number of aromatic nitrogens is 3. The molecular formula is C30H38N8OS2. The van der Waals surface area contributed by atoms with Gasteiger partial charge in [0.2, 0.25) is 5.13 Å². The number of carbonyl (C=O) groups is 1. The average Bonchev–Trinajstić information content (AvgIpc) is 3.52. The third kappa shape index (κ3) is 6.62. The smallest absolute Gasteiger partial charge is 0.265 e. The summed E-state index contributed by atoms with van der Waals surface area (Å²) in [6.07, 6.45) is 1.66. The van der Waals surface area contributed by atoms with Crippen molar-refractivity contribution in [2.24, 2.45) is 0 Å². The van der Waals surface area contributed by atoms with Crippen molar-refractivity contribution in [3.05, 3.63) is 76.1 Å². The molecule has 1 saturated heterocycles. The van der Waals surface area contributed by atoms with Crippen LogP contribution in [0, 0.1) is 6.92 Å². The van der Waals surface area contributed by atoms with Crippen molar-refractivity contribution in [1.29, 1.82) is 0 Å². The first-order chi connectivity index (χ1) is 19.7. The zero-order valence-electron chi connectivity index (χ0n) is 24.4. The summed E-state index contributed by atoms with van der Waals surface area (Å²) in [5.74, 6) is 0.896. The fraction of sp³-hybridized carbons (Fsp3) is 0.400. The van der Waals surface area contributed by atoms with Gasteiger partial charge in [-0.1, -0.05) is 35.6 Å². The summed E-state index contributed by atoms with van der Waals surface area (Å²) in [6.45, 7) is 4.82. The van der Waals surface area contributed by atoms with E-state index in [0.29, 0.717) is 13.1 Å². The number of nitrogen functional groups attached to an aromatic ring is 1. The number of hydrogen-bond acceptors (Lipinski definition) is 10. The number of aryl methyl sites for hydroxylation is 1. The van der Waals surface area contributed by atoms with Gasteiger partial charge in [-0.3, -0.25) is 4.79 Å². The third-order valence-electron chi connectivity index (χ3n) is 7.39. The van der Waals surface area contributed by atoms with Crippen molar-refractivity contribution in [2.75, 3.05) is 74.8 Å². The lowest BCUT2D eigenvalue weighted by atomic mass is 9.91. The minimum atomic E-state index is 0.0102. The van der Waals surface area contributed by atoms with Gasteiger partial charge in [0.1, 0.15) is 4.88 Å². The lowest BCUT2D eigenvalue weighted by Crippen LogP contribution is -2.35. The maximum absolute atomic E-state index is 13.4. The van der Waals surface area contributed by atoms with Gasteiger partial charge in [0.25, 0.3) is 5.91 Å². The number of anilines is 4. The van der Waals surface area contributed by atoms with Gasteiger partial charge in [0.15, 0.2) is 11.0 Å². The zero-order valence-corrected chi connectivity index (χ0v) is 26.0. The van der Waals surface area contributed by atoms with E-state index in [1.54, 1.807) is 0 Å². The number of nitrogens with zero attached hydrogens (tertiary/aromatic N) is 7. The molecule has 2 N–H and O–H groups in total. The summed E-state index contributed by atoms with van der Waals surface area (Å²) in [7, 11) is 8.00. The number of hydrogen-bond donors (Lipinski definition) is 1. The molecule has 0 saturated carbocycles. The summed E-state index contributed by atoms with van der Waals surface area (Å²) in [5.41, 5.74) is 11.1. The molecule has 216 valence electrons. The first kappa shape index (κ1) is 28.8. The van der Waals surface area contributed by atoms with E-state index >= 15 is 0 Å². The standard InChI is InChI=1S/C30H38N8OS2/c1-20-26(40-29(32-20)36(4)5)28(39)37-15-6-16-38(18-17-37)30-33-27(34-41-30)25(22-9-11-23(31)12-10-22)19-21-7-13-24(14-8-21)35(2)3/h7-14,25H,6,15-19,31H2,1-5H3. The Morgan fingerprint density at radius 2 is 1.68 bits per heavy atom. The summed E-state index contributed by atoms with van der Waals surface area (Å²) < 4.78 is 4.85. The Hall–Kier alpha value is -3.70. The van der Waals surface area contributed by atoms with Crippen molar-refractivity contribution in [3.63, 3.8) is 0 Å². The Morgan fingerprint density at radius 1 is 0.951 bits per heavy atom. The number of nitrogens with two attached hydrogens (primary N) is 1. The molecule has 2 aromatic carbocycles. The Labute approximate surface area is 250 Å². The molecule has 2 aromatic heterocycles. The molecule has 9 nitrogen and oxygen atoms in total. The molecule has 1 aliphatic rings. The molecule has 1 atom stereocenters. The molecule has 11 heteroatoms. The highest BCUT2D eigenvalue weighted by molar-refractivity contribution is 7.17. The summed E-state index contributed by atoms with van der Waals surface area (Å²) in [6, 6.07) is 16.7. The molecule has 41 heavy (non-hydrogen) atoms. The number of thiazole rings is 1. The molecule has 0 radical (unpaired) electrons. The molecule has 0 aliphatic carbocycles. The second kappa shape index (κ2) is 12.4. The highest BCUT2D eigenvalue weighted by atomic mass is 32.1. The molecule has 1 unspecified atom stereocenters. The van der Waals surface area contributed by atoms with Crippen LogP contribution in [0.4, 0.5) is 21.6 Å². The van der Waals surface area contributed by atoms with Crippen LogP contribution in [0.3, 0.4) is 0 Å². The van der Waals surface area contributed by atoms with Gasteiger partial charge in [-0.25, -0.2) is 9.97 Å². The number of rotatable bonds is 8. The molecule has 1 fully saturated rings. The quantitative estimate of drug-likeness (QED) is 0.294. The van der Waals surface area contributed by atoms with Crippen molar-refractivity contribution in [2.45, 2.75) is 25.7 Å². The van der Waals surface area contributed by atoms with Gasteiger partial charge < -0.3 is 25.3 Å². The SMILES string of the molecule is Cc1nc(N(C)C)sc1C(=O)N1CCCN(c2nc(C(Cc3ccc(N(C)C)cc3)c3ccc(N)cc3)ns2)CC1. The van der Waals surface area contributed by atoms with Crippen LogP contribution in [-0.4, -0.2) is 79.5 Å². The van der Waals surface area contributed by atoms with Crippen molar-refractivity contribution in [1.82, 2.24) is 19.2 Å². The monoisotopic (exact) mass is 590 g/mol. The van der Waals surface area contributed by atoms with E-state index in [1.807, 2.05) is 57.0 Å². The largest absolute Gasteiger partial charge is 0.399 e. The van der Waals surface area contributed by atoms with E-state index in [-0.39, 0.29) is 11.8 Å². The highest BCUT2D eigenvalue weighted by Gasteiger charge is 2.27. The summed E-state index contributed by atoms with van der Waals surface area (Å²) >= 11 is 2.90. The molecule has 1 amide bonds. The minimum Gasteiger partial charge on any atom is -0.399 e. The van der Waals surface area contributed by atoms with Crippen molar-refractivity contribution >= 4 is 50.4 Å². The Bertz CT molecular complexity index is 1460. The van der Waals surface area contributed by atoms with Crippen LogP contribution >= 0.6 is 22.9 Å². The Balaban J connectivity index is 1.32. The minimum absolute atomic E-state index is 0.0102. The van der Waals surface area contributed by atoms with E-state index < -0.39 is 0 Å². The van der Waals surface area contributed by atoms with E-state index in [1.165, 1.54) is 34.1 Å². The maximum Gasteiger partial charge on any atom is 0.265 e. The topological polar surface area (TPSA) is 94.7 Å². The third-order valence-corrected chi connectivity index (χ3v) is 9.49. The predicted octanol–water partition coefficient (Wildman–Crippen LogP) is 4.74. The van der Waals surface area contributed by atoms with Crippen LogP contribution in [0.5, 0.6) is 0 Å². The molecule has 3 heterocycles. The van der Waals surface area contributed by atoms with Crippen LogP contribution < -0.4 is 20.4 Å². The summed E-state index contributed by atoms with van der Waals surface area (Å²) in [5, 5.41) is 1.76. The second-order valence-corrected chi connectivity index (χ2v) is 12.6. The fourth-order valence-corrected chi connectivity index (χ4v) is 6.71. The van der Waals surface area contributed by atoms with Crippen molar-refractivity contribution in [3.8, 4) is 0 Å². The molecular weight excluding hydrogens is 553 g/mol. The van der Waals surface area contributed by atoms with Crippen LogP contribution in [-0.2, 0) is 6.42 Å². The highest BCUT2D eigenvalue weighted by Crippen LogP contribution is 2.32. The average molecular weight is 591 g/mol. The number of amides is 1. The maximum atomic E-state index is 13.4.